The van der Waals surface area contributed by atoms with E-state index in [1.54, 1.807) is 6.20 Å². The number of fused-ring (bicyclic) bond motifs is 1. The van der Waals surface area contributed by atoms with E-state index < -0.39 is 9.84 Å². The summed E-state index contributed by atoms with van der Waals surface area (Å²) in [7, 11) is -3.30. The molecule has 0 amide bonds. The Morgan fingerprint density at radius 1 is 1.06 bits per heavy atom. The Morgan fingerprint density at radius 3 is 2.52 bits per heavy atom. The first-order valence-corrected chi connectivity index (χ1v) is 12.3. The molecule has 0 unspecified atom stereocenters. The molecule has 4 rings (SSSR count). The van der Waals surface area contributed by atoms with Gasteiger partial charge in [0, 0.05) is 36.0 Å². The van der Waals surface area contributed by atoms with Gasteiger partial charge in [-0.15, -0.1) is 0 Å². The Bertz CT molecular complexity index is 1450. The highest BCUT2D eigenvalue weighted by molar-refractivity contribution is 7.90. The lowest BCUT2D eigenvalue weighted by Gasteiger charge is -2.09. The first-order chi connectivity index (χ1) is 15.7. The molecule has 0 saturated carbocycles. The fraction of sp³-hybridized carbons (Fsp3) is 0.125. The van der Waals surface area contributed by atoms with Gasteiger partial charge in [-0.2, -0.15) is 0 Å². The van der Waals surface area contributed by atoms with Gasteiger partial charge in [-0.05, 0) is 53.8 Å². The highest BCUT2D eigenvalue weighted by Crippen LogP contribution is 2.29. The van der Waals surface area contributed by atoms with E-state index >= 15 is 0 Å². The average Bonchev–Trinajstić information content (AvgIpc) is 2.78. The fourth-order valence-electron chi connectivity index (χ4n) is 3.33. The molecule has 0 radical (unpaired) electrons. The summed E-state index contributed by atoms with van der Waals surface area (Å²) in [6, 6.07) is 15.1. The molecule has 33 heavy (non-hydrogen) atoms. The van der Waals surface area contributed by atoms with Crippen LogP contribution in [0.4, 0.5) is 5.82 Å². The van der Waals surface area contributed by atoms with Crippen molar-refractivity contribution in [2.24, 2.45) is 0 Å². The molecule has 7 nitrogen and oxygen atoms in total. The van der Waals surface area contributed by atoms with Crippen molar-refractivity contribution in [1.29, 1.82) is 0 Å². The number of halogens is 1. The quantitative estimate of drug-likeness (QED) is 0.374. The van der Waals surface area contributed by atoms with Gasteiger partial charge in [0.25, 0.3) is 0 Å². The number of aryl methyl sites for hydroxylation is 1. The SMILES string of the molecule is CS(=O)(=O)c1ccc(Oc2ncc(C(=O)CCc3ccc4c(N)nccc4c3)cc2Cl)cc1. The van der Waals surface area contributed by atoms with E-state index in [0.717, 1.165) is 22.6 Å². The van der Waals surface area contributed by atoms with Crippen molar-refractivity contribution in [3.8, 4) is 11.6 Å². The van der Waals surface area contributed by atoms with Crippen LogP contribution in [0.25, 0.3) is 10.8 Å². The third-order valence-electron chi connectivity index (χ3n) is 5.10. The van der Waals surface area contributed by atoms with Crippen molar-refractivity contribution in [1.82, 2.24) is 9.97 Å². The molecule has 168 valence electrons. The Kier molecular flexibility index (Phi) is 6.31. The standard InChI is InChI=1S/C24H20ClN3O4S/c1-33(30,31)19-6-4-18(5-7-19)32-24-21(25)13-17(14-28-24)22(29)9-3-15-2-8-20-16(12-15)10-11-27-23(20)26/h2,4-8,10-14H,3,9H2,1H3,(H2,26,27). The predicted octanol–water partition coefficient (Wildman–Crippen LogP) is 4.88. The molecular weight excluding hydrogens is 462 g/mol. The Balaban J connectivity index is 1.42. The molecule has 2 N–H and O–H groups in total. The fourth-order valence-corrected chi connectivity index (χ4v) is 4.16. The van der Waals surface area contributed by atoms with Gasteiger partial charge in [-0.1, -0.05) is 29.8 Å². The van der Waals surface area contributed by atoms with Crippen molar-refractivity contribution in [3.05, 3.63) is 83.1 Å². The number of benzene rings is 2. The summed E-state index contributed by atoms with van der Waals surface area (Å²) in [4.78, 5) is 21.1. The lowest BCUT2D eigenvalue weighted by molar-refractivity contribution is 0.0982. The third kappa shape index (κ3) is 5.30. The molecule has 2 heterocycles. The number of ketones is 1. The number of pyridine rings is 2. The largest absolute Gasteiger partial charge is 0.438 e. The second kappa shape index (κ2) is 9.17. The Hall–Kier alpha value is -3.49. The number of anilines is 1. The summed E-state index contributed by atoms with van der Waals surface area (Å²) in [5, 5.41) is 2.04. The van der Waals surface area contributed by atoms with Crippen LogP contribution < -0.4 is 10.5 Å². The van der Waals surface area contributed by atoms with Crippen molar-refractivity contribution in [3.63, 3.8) is 0 Å². The molecule has 2 aromatic heterocycles. The third-order valence-corrected chi connectivity index (χ3v) is 6.50. The smallest absolute Gasteiger partial charge is 0.238 e. The van der Waals surface area contributed by atoms with E-state index in [2.05, 4.69) is 9.97 Å². The number of rotatable bonds is 7. The van der Waals surface area contributed by atoms with Crippen molar-refractivity contribution in [2.45, 2.75) is 17.7 Å². The van der Waals surface area contributed by atoms with Gasteiger partial charge in [0.15, 0.2) is 15.6 Å². The zero-order valence-corrected chi connectivity index (χ0v) is 19.2. The minimum atomic E-state index is -3.30. The van der Waals surface area contributed by atoms with Crippen molar-refractivity contribution >= 4 is 43.8 Å². The van der Waals surface area contributed by atoms with E-state index in [1.807, 2.05) is 24.3 Å². The van der Waals surface area contributed by atoms with Crippen LogP contribution >= 0.6 is 11.6 Å². The maximum Gasteiger partial charge on any atom is 0.238 e. The zero-order chi connectivity index (χ0) is 23.6. The molecule has 4 aromatic rings. The lowest BCUT2D eigenvalue weighted by Crippen LogP contribution is -2.03. The summed E-state index contributed by atoms with van der Waals surface area (Å²) in [6.45, 7) is 0. The summed E-state index contributed by atoms with van der Waals surface area (Å²) < 4.78 is 28.7. The topological polar surface area (TPSA) is 112 Å². The van der Waals surface area contributed by atoms with Crippen LogP contribution in [0.5, 0.6) is 11.6 Å². The highest BCUT2D eigenvalue weighted by atomic mass is 35.5. The van der Waals surface area contributed by atoms with E-state index in [0.29, 0.717) is 23.6 Å². The second-order valence-corrected chi connectivity index (χ2v) is 9.95. The van der Waals surface area contributed by atoms with E-state index in [-0.39, 0.29) is 28.0 Å². The molecule has 0 atom stereocenters. The van der Waals surface area contributed by atoms with Crippen LogP contribution in [0.1, 0.15) is 22.3 Å². The lowest BCUT2D eigenvalue weighted by atomic mass is 10.0. The molecule has 0 fully saturated rings. The van der Waals surface area contributed by atoms with Crippen molar-refractivity contribution < 1.29 is 17.9 Å². The number of sulfone groups is 1. The number of carbonyl (C=O) groups excluding carboxylic acids is 1. The first kappa shape index (κ1) is 22.7. The minimum Gasteiger partial charge on any atom is -0.438 e. The van der Waals surface area contributed by atoms with Gasteiger partial charge >= 0.3 is 0 Å². The maximum absolute atomic E-state index is 12.7. The summed E-state index contributed by atoms with van der Waals surface area (Å²) >= 11 is 6.27. The predicted molar refractivity (Wildman–Crippen MR) is 128 cm³/mol. The van der Waals surface area contributed by atoms with Crippen LogP contribution in [0, 0.1) is 0 Å². The molecule has 0 spiro atoms. The number of nitrogens with two attached hydrogens (primary N) is 1. The number of ether oxygens (including phenoxy) is 1. The number of nitrogen functional groups attached to an aromatic ring is 1. The van der Waals surface area contributed by atoms with E-state index in [9.17, 15) is 13.2 Å². The number of aromatic nitrogens is 2. The molecule has 0 saturated heterocycles. The van der Waals surface area contributed by atoms with Crippen molar-refractivity contribution in [2.75, 3.05) is 12.0 Å². The molecular formula is C24H20ClN3O4S. The number of carbonyl (C=O) groups is 1. The van der Waals surface area contributed by atoms with Crippen LogP contribution in [0.3, 0.4) is 0 Å². The van der Waals surface area contributed by atoms with Crippen LogP contribution in [-0.2, 0) is 16.3 Å². The molecule has 0 aliphatic carbocycles. The van der Waals surface area contributed by atoms with Gasteiger partial charge < -0.3 is 10.5 Å². The number of Topliss-reactive ketones (excluding diaryl/α,β-unsaturated/α-hetero) is 1. The van der Waals surface area contributed by atoms with Crippen LogP contribution in [-0.4, -0.2) is 30.4 Å². The molecule has 2 aromatic carbocycles. The minimum absolute atomic E-state index is 0.0946. The van der Waals surface area contributed by atoms with Gasteiger partial charge in [0.05, 0.1) is 4.90 Å². The van der Waals surface area contributed by atoms with Crippen LogP contribution in [0.2, 0.25) is 5.02 Å². The Morgan fingerprint density at radius 2 is 1.82 bits per heavy atom. The zero-order valence-electron chi connectivity index (χ0n) is 17.7. The van der Waals surface area contributed by atoms with Gasteiger partial charge in [0.1, 0.15) is 16.6 Å². The number of hydrogen-bond acceptors (Lipinski definition) is 7. The summed E-state index contributed by atoms with van der Waals surface area (Å²) in [5.74, 6) is 0.886. The molecule has 0 aliphatic rings. The van der Waals surface area contributed by atoms with E-state index in [1.165, 1.54) is 36.5 Å². The summed E-state index contributed by atoms with van der Waals surface area (Å²) in [6.07, 6.45) is 5.05. The monoisotopic (exact) mass is 481 g/mol. The Labute approximate surface area is 196 Å². The average molecular weight is 482 g/mol. The maximum atomic E-state index is 12.7. The van der Waals surface area contributed by atoms with Gasteiger partial charge in [-0.25, -0.2) is 18.4 Å². The molecule has 0 aliphatic heterocycles. The molecule has 9 heteroatoms. The first-order valence-electron chi connectivity index (χ1n) is 10.0. The van der Waals surface area contributed by atoms with Gasteiger partial charge in [-0.3, -0.25) is 4.79 Å². The number of hydrogen-bond donors (Lipinski definition) is 1. The highest BCUT2D eigenvalue weighted by Gasteiger charge is 2.13. The second-order valence-electron chi connectivity index (χ2n) is 7.53. The number of nitrogens with zero attached hydrogens (tertiary/aromatic N) is 2. The van der Waals surface area contributed by atoms with E-state index in [4.69, 9.17) is 22.1 Å². The normalized spacial score (nSPS) is 11.5. The molecule has 0 bridgehead atoms. The van der Waals surface area contributed by atoms with Crippen LogP contribution in [0.15, 0.2) is 71.9 Å². The summed E-state index contributed by atoms with van der Waals surface area (Å²) in [5.41, 5.74) is 7.28. The van der Waals surface area contributed by atoms with Gasteiger partial charge in [0.2, 0.25) is 5.88 Å².